The highest BCUT2D eigenvalue weighted by atomic mass is 28.2. The third kappa shape index (κ3) is 0.761. The highest BCUT2D eigenvalue weighted by Gasteiger charge is 1.96. The van der Waals surface area contributed by atoms with E-state index in [0.717, 1.165) is 9.52 Å². The Balaban J connectivity index is 2.08. The first-order chi connectivity index (χ1) is 2.50. The summed E-state index contributed by atoms with van der Waals surface area (Å²) in [4.78, 5) is 0. The van der Waals surface area contributed by atoms with Gasteiger partial charge in [-0.05, 0) is 0 Å². The molecule has 1 radical (unpaired) electrons. The molecule has 29 valence electrons. The van der Waals surface area contributed by atoms with Gasteiger partial charge in [0.15, 0.2) is 0 Å². The molecule has 0 bridgehead atoms. The average Bonchev–Trinajstić information content (AvgIpc) is 1.76. The van der Waals surface area contributed by atoms with Crippen LogP contribution in [-0.4, -0.2) is 9.52 Å². The van der Waals surface area contributed by atoms with Crippen LogP contribution < -0.4 is 0 Å². The molecule has 1 aliphatic heterocycles. The van der Waals surface area contributed by atoms with Crippen molar-refractivity contribution in [1.29, 1.82) is 0 Å². The zero-order valence-electron chi connectivity index (χ0n) is 3.41. The minimum Gasteiger partial charge on any atom is -0.0620 e. The Morgan fingerprint density at radius 1 is 1.00 bits per heavy atom. The van der Waals surface area contributed by atoms with Crippen LogP contribution in [0.3, 0.4) is 0 Å². The van der Waals surface area contributed by atoms with Crippen LogP contribution in [0, 0.1) is 0 Å². The molecule has 1 fully saturated rings. The Morgan fingerprint density at radius 2 is 1.60 bits per heavy atom. The van der Waals surface area contributed by atoms with Gasteiger partial charge in [-0.1, -0.05) is 24.9 Å². The number of hydrogen-bond acceptors (Lipinski definition) is 0. The maximum atomic E-state index is 1.58. The van der Waals surface area contributed by atoms with Crippen LogP contribution in [0.2, 0.25) is 12.1 Å². The van der Waals surface area contributed by atoms with Crippen LogP contribution in [0.15, 0.2) is 0 Å². The van der Waals surface area contributed by atoms with Crippen molar-refractivity contribution in [1.82, 2.24) is 0 Å². The molecule has 0 aromatic carbocycles. The van der Waals surface area contributed by atoms with Crippen molar-refractivity contribution in [2.45, 2.75) is 24.9 Å². The summed E-state index contributed by atoms with van der Waals surface area (Å²) >= 11 is 0. The molecular weight excluding hydrogens is 76.1 g/mol. The minimum atomic E-state index is 0.926. The highest BCUT2D eigenvalue weighted by molar-refractivity contribution is 6.36. The van der Waals surface area contributed by atoms with Gasteiger partial charge in [0.2, 0.25) is 0 Å². The Morgan fingerprint density at radius 3 is 1.80 bits per heavy atom. The van der Waals surface area contributed by atoms with Gasteiger partial charge in [-0.25, -0.2) is 0 Å². The first-order valence-electron chi connectivity index (χ1n) is 2.32. The summed E-state index contributed by atoms with van der Waals surface area (Å²) < 4.78 is 0. The van der Waals surface area contributed by atoms with Crippen molar-refractivity contribution < 1.29 is 0 Å². The minimum absolute atomic E-state index is 0.926. The van der Waals surface area contributed by atoms with E-state index in [1.807, 2.05) is 0 Å². The Bertz CT molecular complexity index is 15.2. The fourth-order valence-corrected chi connectivity index (χ4v) is 2.17. The fourth-order valence-electron chi connectivity index (χ4n) is 0.722. The largest absolute Gasteiger partial charge is 0.0620 e. The molecule has 1 saturated heterocycles. The van der Waals surface area contributed by atoms with Crippen molar-refractivity contribution in [2.75, 3.05) is 0 Å². The molecule has 0 saturated carbocycles. The summed E-state index contributed by atoms with van der Waals surface area (Å²) in [6, 6.07) is 3.17. The molecule has 0 N–H and O–H groups in total. The van der Waals surface area contributed by atoms with Crippen LogP contribution in [0.25, 0.3) is 0 Å². The first-order valence-corrected chi connectivity index (χ1v) is 3.95. The van der Waals surface area contributed by atoms with E-state index in [4.69, 9.17) is 0 Å². The van der Waals surface area contributed by atoms with Crippen molar-refractivity contribution in [2.24, 2.45) is 0 Å². The van der Waals surface area contributed by atoms with Crippen LogP contribution in [-0.2, 0) is 0 Å². The summed E-state index contributed by atoms with van der Waals surface area (Å²) in [6.45, 7) is 0. The molecule has 0 amide bonds. The van der Waals surface area contributed by atoms with E-state index in [-0.39, 0.29) is 0 Å². The molecule has 0 atom stereocenters. The maximum Gasteiger partial charge on any atom is 0.0280 e. The van der Waals surface area contributed by atoms with Crippen LogP contribution in [0.1, 0.15) is 12.8 Å². The predicted molar refractivity (Wildman–Crippen MR) is 26.0 cm³/mol. The van der Waals surface area contributed by atoms with Gasteiger partial charge in [0, 0.05) is 9.52 Å². The van der Waals surface area contributed by atoms with Crippen molar-refractivity contribution in [3.63, 3.8) is 0 Å². The molecule has 0 aliphatic carbocycles. The number of rotatable bonds is 0. The van der Waals surface area contributed by atoms with Gasteiger partial charge in [-0.3, -0.25) is 0 Å². The summed E-state index contributed by atoms with van der Waals surface area (Å²) in [5.41, 5.74) is 0. The summed E-state index contributed by atoms with van der Waals surface area (Å²) in [6.07, 6.45) is 3.07. The molecule has 0 nitrogen and oxygen atoms in total. The van der Waals surface area contributed by atoms with Gasteiger partial charge >= 0.3 is 0 Å². The molecule has 1 aliphatic rings. The Hall–Kier alpha value is 0.217. The SMILES string of the molecule is C1CC[SiH]C1. The topological polar surface area (TPSA) is 0 Å². The molecule has 5 heavy (non-hydrogen) atoms. The zero-order chi connectivity index (χ0) is 3.54. The van der Waals surface area contributed by atoms with E-state index < -0.39 is 0 Å². The second-order valence-electron chi connectivity index (χ2n) is 1.57. The lowest BCUT2D eigenvalue weighted by Crippen LogP contribution is -1.68. The lowest BCUT2D eigenvalue weighted by molar-refractivity contribution is 0.935. The van der Waals surface area contributed by atoms with Gasteiger partial charge in [-0.2, -0.15) is 0 Å². The van der Waals surface area contributed by atoms with Crippen molar-refractivity contribution in [3.05, 3.63) is 0 Å². The Kier molecular flexibility index (Phi) is 1.09. The molecule has 1 heterocycles. The number of hydrogen-bond donors (Lipinski definition) is 0. The van der Waals surface area contributed by atoms with Gasteiger partial charge in [-0.15, -0.1) is 0 Å². The Labute approximate surface area is 35.4 Å². The zero-order valence-corrected chi connectivity index (χ0v) is 4.56. The van der Waals surface area contributed by atoms with Crippen LogP contribution >= 0.6 is 0 Å². The molecule has 0 unspecified atom stereocenters. The maximum absolute atomic E-state index is 1.58. The fraction of sp³-hybridized carbons (Fsp3) is 1.00. The van der Waals surface area contributed by atoms with E-state index in [9.17, 15) is 0 Å². The van der Waals surface area contributed by atoms with E-state index in [2.05, 4.69) is 0 Å². The first kappa shape index (κ1) is 3.41. The molecule has 1 rings (SSSR count). The predicted octanol–water partition coefficient (Wildman–Crippen LogP) is 1.05. The van der Waals surface area contributed by atoms with Gasteiger partial charge in [0.25, 0.3) is 0 Å². The van der Waals surface area contributed by atoms with Gasteiger partial charge < -0.3 is 0 Å². The van der Waals surface area contributed by atoms with E-state index in [0.29, 0.717) is 0 Å². The summed E-state index contributed by atoms with van der Waals surface area (Å²) in [7, 11) is 0.926. The quantitative estimate of drug-likeness (QED) is 0.386. The van der Waals surface area contributed by atoms with E-state index in [1.54, 1.807) is 12.1 Å². The lowest BCUT2D eigenvalue weighted by Gasteiger charge is -1.68. The third-order valence-electron chi connectivity index (χ3n) is 1.07. The molecule has 0 aromatic rings. The van der Waals surface area contributed by atoms with Crippen LogP contribution in [0.5, 0.6) is 0 Å². The van der Waals surface area contributed by atoms with Crippen LogP contribution in [0.4, 0.5) is 0 Å². The molecule has 1 heteroatoms. The molecular formula is C4H9Si. The lowest BCUT2D eigenvalue weighted by atomic mass is 10.4. The standard InChI is InChI=1S/C4H9Si/c1-2-4-5-3-1/h5H,1-4H2. The summed E-state index contributed by atoms with van der Waals surface area (Å²) in [5, 5.41) is 0. The smallest absolute Gasteiger partial charge is 0.0280 e. The van der Waals surface area contributed by atoms with Crippen molar-refractivity contribution in [3.8, 4) is 0 Å². The van der Waals surface area contributed by atoms with Gasteiger partial charge in [0.1, 0.15) is 0 Å². The van der Waals surface area contributed by atoms with Crippen molar-refractivity contribution >= 4 is 9.52 Å². The third-order valence-corrected chi connectivity index (χ3v) is 2.70. The molecule has 0 aromatic heterocycles. The normalized spacial score (nSPS) is 24.0. The second kappa shape index (κ2) is 1.60. The van der Waals surface area contributed by atoms with Gasteiger partial charge in [0.05, 0.1) is 0 Å². The molecule has 0 spiro atoms. The average molecular weight is 85.2 g/mol. The van der Waals surface area contributed by atoms with E-state index >= 15 is 0 Å². The highest BCUT2D eigenvalue weighted by Crippen LogP contribution is 2.09. The summed E-state index contributed by atoms with van der Waals surface area (Å²) in [5.74, 6) is 0. The monoisotopic (exact) mass is 85.0 g/mol. The van der Waals surface area contributed by atoms with E-state index in [1.165, 1.54) is 12.8 Å². The second-order valence-corrected chi connectivity index (χ2v) is 3.31.